The Morgan fingerprint density at radius 3 is 2.56 bits per heavy atom. The van der Waals surface area contributed by atoms with Gasteiger partial charge < -0.3 is 4.57 Å². The summed E-state index contributed by atoms with van der Waals surface area (Å²) < 4.78 is 4.13. The monoisotopic (exact) mass is 484 g/mol. The number of fused-ring (bicyclic) bond motifs is 1. The molecule has 2 N–H and O–H groups in total. The fraction of sp³-hybridized carbons (Fsp3) is 0.190. The van der Waals surface area contributed by atoms with Crippen molar-refractivity contribution in [2.45, 2.75) is 28.7 Å². The smallest absolute Gasteiger partial charge is 0.269 e. The third-order valence-electron chi connectivity index (χ3n) is 4.39. The molecule has 0 aliphatic carbocycles. The van der Waals surface area contributed by atoms with E-state index in [4.69, 9.17) is 0 Å². The molecule has 0 atom stereocenters. The van der Waals surface area contributed by atoms with Gasteiger partial charge in [0.15, 0.2) is 9.50 Å². The SMILES string of the molecule is CCn1c(CSc2nc3ccccc3s2)nnc1SCC(=O)NNC(=O)c1ccccc1. The molecule has 11 heteroatoms. The van der Waals surface area contributed by atoms with Crippen LogP contribution in [0, 0.1) is 0 Å². The first-order valence-electron chi connectivity index (χ1n) is 9.81. The van der Waals surface area contributed by atoms with Gasteiger partial charge in [-0.3, -0.25) is 20.4 Å². The van der Waals surface area contributed by atoms with E-state index in [1.165, 1.54) is 11.8 Å². The fourth-order valence-corrected chi connectivity index (χ4v) is 5.67. The van der Waals surface area contributed by atoms with Crippen molar-refractivity contribution in [1.82, 2.24) is 30.6 Å². The van der Waals surface area contributed by atoms with Crippen LogP contribution in [0.15, 0.2) is 64.1 Å². The first-order valence-corrected chi connectivity index (χ1v) is 12.6. The second-order valence-electron chi connectivity index (χ2n) is 6.54. The highest BCUT2D eigenvalue weighted by atomic mass is 32.2. The van der Waals surface area contributed by atoms with Crippen molar-refractivity contribution in [1.29, 1.82) is 0 Å². The van der Waals surface area contributed by atoms with Gasteiger partial charge in [-0.25, -0.2) is 4.98 Å². The molecule has 2 amide bonds. The number of thioether (sulfide) groups is 2. The van der Waals surface area contributed by atoms with Crippen LogP contribution in [-0.4, -0.2) is 37.3 Å². The van der Waals surface area contributed by atoms with Gasteiger partial charge in [-0.2, -0.15) is 0 Å². The Labute approximate surface area is 197 Å². The highest BCUT2D eigenvalue weighted by molar-refractivity contribution is 8.00. The minimum Gasteiger partial charge on any atom is -0.306 e. The molecule has 8 nitrogen and oxygen atoms in total. The molecule has 0 aliphatic rings. The van der Waals surface area contributed by atoms with Crippen molar-refractivity contribution in [3.63, 3.8) is 0 Å². The number of aromatic nitrogens is 4. The van der Waals surface area contributed by atoms with E-state index in [0.29, 0.717) is 23.0 Å². The lowest BCUT2D eigenvalue weighted by molar-refractivity contribution is -0.119. The lowest BCUT2D eigenvalue weighted by Crippen LogP contribution is -2.42. The van der Waals surface area contributed by atoms with E-state index in [-0.39, 0.29) is 17.6 Å². The zero-order valence-corrected chi connectivity index (χ0v) is 19.6. The maximum absolute atomic E-state index is 12.1. The number of benzene rings is 2. The summed E-state index contributed by atoms with van der Waals surface area (Å²) in [5.41, 5.74) is 6.31. The maximum Gasteiger partial charge on any atom is 0.269 e. The van der Waals surface area contributed by atoms with Crippen LogP contribution in [0.25, 0.3) is 10.2 Å². The van der Waals surface area contributed by atoms with E-state index < -0.39 is 0 Å². The molecule has 164 valence electrons. The largest absolute Gasteiger partial charge is 0.306 e. The standard InChI is InChI=1S/C21H20N6O2S3/c1-2-27-17(12-31-21-22-15-10-6-7-11-16(15)32-21)23-26-20(27)30-13-18(28)24-25-19(29)14-8-4-3-5-9-14/h3-11H,2,12-13H2,1H3,(H,24,28)(H,25,29). The number of carbonyl (C=O) groups is 2. The van der Waals surface area contributed by atoms with Crippen molar-refractivity contribution in [2.24, 2.45) is 0 Å². The van der Waals surface area contributed by atoms with Crippen LogP contribution >= 0.6 is 34.9 Å². The van der Waals surface area contributed by atoms with Crippen LogP contribution in [0.1, 0.15) is 23.1 Å². The topological polar surface area (TPSA) is 102 Å². The van der Waals surface area contributed by atoms with E-state index in [1.54, 1.807) is 47.4 Å². The predicted molar refractivity (Wildman–Crippen MR) is 128 cm³/mol. The summed E-state index contributed by atoms with van der Waals surface area (Å²) in [6.07, 6.45) is 0. The number of carbonyl (C=O) groups excluding carboxylic acids is 2. The number of nitrogens with one attached hydrogen (secondary N) is 2. The molecular formula is C21H20N6O2S3. The molecule has 32 heavy (non-hydrogen) atoms. The predicted octanol–water partition coefficient (Wildman–Crippen LogP) is 3.75. The summed E-state index contributed by atoms with van der Waals surface area (Å²) >= 11 is 4.56. The van der Waals surface area contributed by atoms with Gasteiger partial charge in [0.05, 0.1) is 21.7 Å². The van der Waals surface area contributed by atoms with Crippen LogP contribution in [0.4, 0.5) is 0 Å². The Hall–Kier alpha value is -2.89. The number of hydrogen-bond acceptors (Lipinski definition) is 8. The lowest BCUT2D eigenvalue weighted by atomic mass is 10.2. The van der Waals surface area contributed by atoms with E-state index in [2.05, 4.69) is 32.1 Å². The van der Waals surface area contributed by atoms with Gasteiger partial charge in [-0.15, -0.1) is 21.5 Å². The molecule has 0 spiro atoms. The molecule has 0 bridgehead atoms. The molecule has 0 fully saturated rings. The minimum atomic E-state index is -0.366. The Morgan fingerprint density at radius 2 is 1.78 bits per heavy atom. The molecule has 2 heterocycles. The van der Waals surface area contributed by atoms with Gasteiger partial charge in [-0.1, -0.05) is 53.9 Å². The first kappa shape index (κ1) is 22.3. The molecule has 0 saturated heterocycles. The van der Waals surface area contributed by atoms with Crippen molar-refractivity contribution in [3.05, 3.63) is 66.0 Å². The highest BCUT2D eigenvalue weighted by Crippen LogP contribution is 2.31. The quantitative estimate of drug-likeness (QED) is 0.290. The number of para-hydroxylation sites is 1. The average Bonchev–Trinajstić information content (AvgIpc) is 3.43. The molecule has 4 aromatic rings. The summed E-state index contributed by atoms with van der Waals surface area (Å²) in [5, 5.41) is 9.19. The van der Waals surface area contributed by atoms with E-state index in [9.17, 15) is 9.59 Å². The fourth-order valence-electron chi connectivity index (χ4n) is 2.84. The number of hydrazine groups is 1. The normalized spacial score (nSPS) is 10.9. The van der Waals surface area contributed by atoms with Crippen LogP contribution in [-0.2, 0) is 17.1 Å². The number of hydrogen-bond donors (Lipinski definition) is 2. The van der Waals surface area contributed by atoms with E-state index >= 15 is 0 Å². The molecule has 0 unspecified atom stereocenters. The van der Waals surface area contributed by atoms with E-state index in [1.807, 2.05) is 35.8 Å². The minimum absolute atomic E-state index is 0.109. The summed E-state index contributed by atoms with van der Waals surface area (Å²) in [5.74, 6) is 0.890. The number of rotatable bonds is 8. The zero-order chi connectivity index (χ0) is 22.3. The molecule has 0 aliphatic heterocycles. The van der Waals surface area contributed by atoms with Crippen molar-refractivity contribution in [3.8, 4) is 0 Å². The number of amides is 2. The third kappa shape index (κ3) is 5.47. The first-order chi connectivity index (χ1) is 15.6. The van der Waals surface area contributed by atoms with Gasteiger partial charge in [0.1, 0.15) is 5.82 Å². The second kappa shape index (κ2) is 10.6. The van der Waals surface area contributed by atoms with Gasteiger partial charge >= 0.3 is 0 Å². The van der Waals surface area contributed by atoms with Crippen LogP contribution in [0.2, 0.25) is 0 Å². The zero-order valence-electron chi connectivity index (χ0n) is 17.1. The average molecular weight is 485 g/mol. The summed E-state index contributed by atoms with van der Waals surface area (Å²) in [6, 6.07) is 16.8. The van der Waals surface area contributed by atoms with Gasteiger partial charge in [0, 0.05) is 12.1 Å². The molecule has 2 aromatic heterocycles. The maximum atomic E-state index is 12.1. The number of nitrogens with zero attached hydrogens (tertiary/aromatic N) is 4. The molecular weight excluding hydrogens is 464 g/mol. The van der Waals surface area contributed by atoms with Gasteiger partial charge in [-0.05, 0) is 31.2 Å². The van der Waals surface area contributed by atoms with Crippen molar-refractivity contribution in [2.75, 3.05) is 5.75 Å². The van der Waals surface area contributed by atoms with Crippen molar-refractivity contribution >= 4 is 56.9 Å². The summed E-state index contributed by atoms with van der Waals surface area (Å²) in [6.45, 7) is 2.71. The summed E-state index contributed by atoms with van der Waals surface area (Å²) in [4.78, 5) is 28.8. The molecule has 2 aromatic carbocycles. The summed E-state index contributed by atoms with van der Waals surface area (Å²) in [7, 11) is 0. The van der Waals surface area contributed by atoms with Gasteiger partial charge in [0.25, 0.3) is 5.91 Å². The van der Waals surface area contributed by atoms with Crippen LogP contribution < -0.4 is 10.9 Å². The molecule has 4 rings (SSSR count). The Balaban J connectivity index is 1.29. The third-order valence-corrected chi connectivity index (χ3v) is 7.53. The van der Waals surface area contributed by atoms with E-state index in [0.717, 1.165) is 20.4 Å². The van der Waals surface area contributed by atoms with Crippen molar-refractivity contribution < 1.29 is 9.59 Å². The van der Waals surface area contributed by atoms with Gasteiger partial charge in [0.2, 0.25) is 5.91 Å². The molecule has 0 radical (unpaired) electrons. The second-order valence-corrected chi connectivity index (χ2v) is 9.73. The highest BCUT2D eigenvalue weighted by Gasteiger charge is 2.15. The molecule has 0 saturated carbocycles. The van der Waals surface area contributed by atoms with Crippen LogP contribution in [0.5, 0.6) is 0 Å². The Morgan fingerprint density at radius 1 is 1.00 bits per heavy atom. The number of thiazole rings is 1. The Kier molecular flexibility index (Phi) is 7.40. The Bertz CT molecular complexity index is 1190. The lowest BCUT2D eigenvalue weighted by Gasteiger charge is -2.08. The van der Waals surface area contributed by atoms with Crippen LogP contribution in [0.3, 0.4) is 0 Å².